The summed E-state index contributed by atoms with van der Waals surface area (Å²) in [6, 6.07) is 1.60. The van der Waals surface area contributed by atoms with Gasteiger partial charge in [0, 0.05) is 0 Å². The lowest BCUT2D eigenvalue weighted by molar-refractivity contribution is 0.147. The molecule has 0 atom stereocenters. The first kappa shape index (κ1) is 18.7. The normalized spacial score (nSPS) is 30.4. The number of halogens is 2. The predicted octanol–water partition coefficient (Wildman–Crippen LogP) is 6.54. The third kappa shape index (κ3) is 4.35. The van der Waals surface area contributed by atoms with Crippen molar-refractivity contribution in [2.24, 2.45) is 23.7 Å². The molecule has 1 nitrogen and oxygen atoms in total. The van der Waals surface area contributed by atoms with E-state index in [2.05, 4.69) is 6.92 Å². The highest BCUT2D eigenvalue weighted by Crippen LogP contribution is 2.42. The van der Waals surface area contributed by atoms with Gasteiger partial charge in [0.05, 0.1) is 0 Å². The van der Waals surface area contributed by atoms with Crippen LogP contribution in [0.5, 0.6) is 5.75 Å². The van der Waals surface area contributed by atoms with Crippen molar-refractivity contribution in [3.05, 3.63) is 28.8 Å². The lowest BCUT2D eigenvalue weighted by atomic mass is 9.69. The fourth-order valence-corrected chi connectivity index (χ4v) is 5.06. The fraction of sp³-hybridized carbons (Fsp3) is 0.727. The minimum Gasteiger partial charge on any atom is -0.505 e. The molecule has 2 aliphatic rings. The largest absolute Gasteiger partial charge is 0.505 e. The highest BCUT2D eigenvalue weighted by atomic mass is 19.2. The molecule has 25 heavy (non-hydrogen) atoms. The number of hydrogen-bond donors (Lipinski definition) is 1. The van der Waals surface area contributed by atoms with Crippen LogP contribution in [-0.2, 0) is 6.42 Å². The monoisotopic (exact) mass is 350 g/mol. The summed E-state index contributed by atoms with van der Waals surface area (Å²) in [6.07, 6.45) is 12.2. The molecule has 0 aromatic heterocycles. The molecule has 2 saturated carbocycles. The third-order valence-corrected chi connectivity index (χ3v) is 6.89. The maximum atomic E-state index is 14.0. The van der Waals surface area contributed by atoms with Gasteiger partial charge in [-0.15, -0.1) is 0 Å². The molecule has 2 aliphatic carbocycles. The molecule has 0 bridgehead atoms. The van der Waals surface area contributed by atoms with Crippen LogP contribution in [0, 0.1) is 42.2 Å². The van der Waals surface area contributed by atoms with Gasteiger partial charge in [0.1, 0.15) is 0 Å². The zero-order chi connectivity index (χ0) is 18.0. The fourth-order valence-electron chi connectivity index (χ4n) is 5.06. The molecule has 1 aromatic carbocycles. The van der Waals surface area contributed by atoms with E-state index in [1.165, 1.54) is 51.4 Å². The first-order valence-corrected chi connectivity index (χ1v) is 10.1. The topological polar surface area (TPSA) is 20.2 Å². The molecule has 1 aromatic rings. The summed E-state index contributed by atoms with van der Waals surface area (Å²) in [7, 11) is 0. The standard InChI is InChI=1S/C22H32F2O/c1-14-3-8-17(9-4-14)18-10-5-16(6-11-18)7-12-19-13-15(2)22(25)21(24)20(19)23/h13-14,16-18,25H,3-12H2,1-2H3. The zero-order valence-electron chi connectivity index (χ0n) is 15.7. The van der Waals surface area contributed by atoms with Crippen LogP contribution in [0.2, 0.25) is 0 Å². The Morgan fingerprint density at radius 3 is 2.08 bits per heavy atom. The van der Waals surface area contributed by atoms with Crippen molar-refractivity contribution >= 4 is 0 Å². The van der Waals surface area contributed by atoms with Crippen LogP contribution < -0.4 is 0 Å². The van der Waals surface area contributed by atoms with E-state index in [1.807, 2.05) is 0 Å². The SMILES string of the molecule is Cc1cc(CCC2CCC(C3CCC(C)CC3)CC2)c(F)c(F)c1O. The molecular weight excluding hydrogens is 318 g/mol. The van der Waals surface area contributed by atoms with E-state index in [4.69, 9.17) is 0 Å². The van der Waals surface area contributed by atoms with Crippen molar-refractivity contribution in [1.82, 2.24) is 0 Å². The average Bonchev–Trinajstić information content (AvgIpc) is 2.63. The Morgan fingerprint density at radius 2 is 1.48 bits per heavy atom. The number of aryl methyl sites for hydroxylation is 2. The molecule has 1 N–H and O–H groups in total. The first-order valence-electron chi connectivity index (χ1n) is 10.1. The lowest BCUT2D eigenvalue weighted by Gasteiger charge is -2.37. The molecule has 140 valence electrons. The molecular formula is C22H32F2O. The Bertz CT molecular complexity index is 582. The molecule has 0 radical (unpaired) electrons. The second-order valence-corrected chi connectivity index (χ2v) is 8.67. The molecule has 2 fully saturated rings. The molecule has 3 rings (SSSR count). The molecule has 0 heterocycles. The maximum Gasteiger partial charge on any atom is 0.200 e. The van der Waals surface area contributed by atoms with Gasteiger partial charge < -0.3 is 5.11 Å². The van der Waals surface area contributed by atoms with Gasteiger partial charge in [-0.25, -0.2) is 4.39 Å². The van der Waals surface area contributed by atoms with Crippen molar-refractivity contribution in [2.45, 2.75) is 78.1 Å². The summed E-state index contributed by atoms with van der Waals surface area (Å²) in [5.41, 5.74) is 0.834. The van der Waals surface area contributed by atoms with E-state index in [9.17, 15) is 13.9 Å². The molecule has 0 aliphatic heterocycles. The molecule has 3 heteroatoms. The van der Waals surface area contributed by atoms with E-state index in [-0.39, 0.29) is 0 Å². The Labute approximate surface area is 150 Å². The molecule has 0 spiro atoms. The highest BCUT2D eigenvalue weighted by Gasteiger charge is 2.30. The second-order valence-electron chi connectivity index (χ2n) is 8.67. The Morgan fingerprint density at radius 1 is 0.920 bits per heavy atom. The van der Waals surface area contributed by atoms with E-state index in [1.54, 1.807) is 13.0 Å². The van der Waals surface area contributed by atoms with Gasteiger partial charge in [-0.3, -0.25) is 0 Å². The number of phenols is 1. The highest BCUT2D eigenvalue weighted by molar-refractivity contribution is 5.37. The number of benzene rings is 1. The Balaban J connectivity index is 1.48. The predicted molar refractivity (Wildman–Crippen MR) is 97.7 cm³/mol. The summed E-state index contributed by atoms with van der Waals surface area (Å²) in [5, 5.41) is 9.48. The van der Waals surface area contributed by atoms with Crippen LogP contribution in [0.1, 0.15) is 75.8 Å². The number of phenolic OH excluding ortho intramolecular Hbond substituents is 1. The first-order chi connectivity index (χ1) is 12.0. The van der Waals surface area contributed by atoms with Crippen LogP contribution in [0.25, 0.3) is 0 Å². The molecule has 0 unspecified atom stereocenters. The second kappa shape index (κ2) is 8.05. The zero-order valence-corrected chi connectivity index (χ0v) is 15.7. The summed E-state index contributed by atoms with van der Waals surface area (Å²) in [5.74, 6) is 0.867. The van der Waals surface area contributed by atoms with E-state index < -0.39 is 17.4 Å². The lowest BCUT2D eigenvalue weighted by Crippen LogP contribution is -2.25. The molecule has 0 amide bonds. The van der Waals surface area contributed by atoms with Crippen molar-refractivity contribution < 1.29 is 13.9 Å². The van der Waals surface area contributed by atoms with Crippen LogP contribution in [-0.4, -0.2) is 5.11 Å². The van der Waals surface area contributed by atoms with Gasteiger partial charge in [-0.1, -0.05) is 32.6 Å². The summed E-state index contributed by atoms with van der Waals surface area (Å²) in [4.78, 5) is 0. The number of hydrogen-bond acceptors (Lipinski definition) is 1. The van der Waals surface area contributed by atoms with Crippen molar-refractivity contribution in [3.63, 3.8) is 0 Å². The third-order valence-electron chi connectivity index (χ3n) is 6.89. The van der Waals surface area contributed by atoms with Gasteiger partial charge in [0.15, 0.2) is 11.6 Å². The van der Waals surface area contributed by atoms with Crippen LogP contribution >= 0.6 is 0 Å². The minimum absolute atomic E-state index is 0.413. The van der Waals surface area contributed by atoms with Crippen LogP contribution in [0.4, 0.5) is 8.78 Å². The van der Waals surface area contributed by atoms with Gasteiger partial charge >= 0.3 is 0 Å². The Kier molecular flexibility index (Phi) is 6.01. The van der Waals surface area contributed by atoms with Gasteiger partial charge in [-0.2, -0.15) is 4.39 Å². The van der Waals surface area contributed by atoms with E-state index in [0.29, 0.717) is 23.5 Å². The number of rotatable bonds is 4. The van der Waals surface area contributed by atoms with Gasteiger partial charge in [0.2, 0.25) is 5.82 Å². The molecule has 0 saturated heterocycles. The summed E-state index contributed by atoms with van der Waals surface area (Å²) < 4.78 is 27.7. The van der Waals surface area contributed by atoms with Crippen LogP contribution in [0.15, 0.2) is 6.07 Å². The van der Waals surface area contributed by atoms with Crippen molar-refractivity contribution in [3.8, 4) is 5.75 Å². The van der Waals surface area contributed by atoms with Crippen molar-refractivity contribution in [2.75, 3.05) is 0 Å². The van der Waals surface area contributed by atoms with Crippen LogP contribution in [0.3, 0.4) is 0 Å². The maximum absolute atomic E-state index is 14.0. The van der Waals surface area contributed by atoms with E-state index >= 15 is 0 Å². The summed E-state index contributed by atoms with van der Waals surface area (Å²) >= 11 is 0. The summed E-state index contributed by atoms with van der Waals surface area (Å²) in [6.45, 7) is 4.00. The van der Waals surface area contributed by atoms with Crippen molar-refractivity contribution in [1.29, 1.82) is 0 Å². The average molecular weight is 350 g/mol. The number of aromatic hydroxyl groups is 1. The van der Waals surface area contributed by atoms with E-state index in [0.717, 1.165) is 24.2 Å². The smallest absolute Gasteiger partial charge is 0.200 e. The quantitative estimate of drug-likeness (QED) is 0.653. The van der Waals surface area contributed by atoms with Gasteiger partial charge in [-0.05, 0) is 86.3 Å². The van der Waals surface area contributed by atoms with Gasteiger partial charge in [0.25, 0.3) is 0 Å². The Hall–Kier alpha value is -1.12. The minimum atomic E-state index is -1.09.